The highest BCUT2D eigenvalue weighted by Crippen LogP contribution is 2.21. The van der Waals surface area contributed by atoms with E-state index in [1.54, 1.807) is 36.4 Å². The molecule has 33 heavy (non-hydrogen) atoms. The van der Waals surface area contributed by atoms with Gasteiger partial charge >= 0.3 is 0 Å². The Kier molecular flexibility index (Phi) is 8.07. The number of nitrogens with zero attached hydrogens (tertiary/aromatic N) is 2. The molecule has 3 atom stereocenters. The second kappa shape index (κ2) is 11.0. The number of ether oxygens (including phenoxy) is 2. The normalized spacial score (nSPS) is 19.0. The number of amides is 2. The minimum atomic E-state index is -0.731. The Bertz CT molecular complexity index is 1000. The average Bonchev–Trinajstić information content (AvgIpc) is 2.80. The first-order valence-electron chi connectivity index (χ1n) is 11.3. The van der Waals surface area contributed by atoms with Gasteiger partial charge in [-0.15, -0.1) is 0 Å². The Hall–Kier alpha value is -3.37. The third kappa shape index (κ3) is 6.33. The van der Waals surface area contributed by atoms with Crippen LogP contribution in [0.1, 0.15) is 49.2 Å². The summed E-state index contributed by atoms with van der Waals surface area (Å²) in [5.74, 6) is 0.0321. The topological polar surface area (TPSA) is 91.7 Å². The lowest BCUT2D eigenvalue weighted by Gasteiger charge is -2.35. The summed E-state index contributed by atoms with van der Waals surface area (Å²) in [6.45, 7) is 9.19. The zero-order valence-electron chi connectivity index (χ0n) is 19.6. The summed E-state index contributed by atoms with van der Waals surface area (Å²) in [5.41, 5.74) is 1.88. The summed E-state index contributed by atoms with van der Waals surface area (Å²) in [6.07, 6.45) is -0.697. The van der Waals surface area contributed by atoms with Crippen LogP contribution in [-0.2, 0) is 16.1 Å². The molecule has 2 aromatic carbocycles. The van der Waals surface area contributed by atoms with Crippen LogP contribution in [0.25, 0.3) is 0 Å². The lowest BCUT2D eigenvalue weighted by Crippen LogP contribution is -2.48. The number of hydrogen-bond donors (Lipinski definition) is 1. The molecule has 1 fully saturated rings. The van der Waals surface area contributed by atoms with E-state index in [1.165, 1.54) is 0 Å². The van der Waals surface area contributed by atoms with Crippen molar-refractivity contribution in [2.75, 3.05) is 13.1 Å². The molecule has 7 nitrogen and oxygen atoms in total. The standard InChI is InChI=1S/C26H31N3O4/c1-17(2)24(33-23-8-6-5-7-22(23)13-27)25(30)28-14-20-9-11-21(12-10-20)26(31)29-15-18(3)32-19(4)16-29/h5-12,17-19,24H,14-16H2,1-4H3,(H,28,30). The SMILES string of the molecule is CC1CN(C(=O)c2ccc(CNC(=O)C(Oc3ccccc3C#N)C(C)C)cc2)CC(C)O1. The lowest BCUT2D eigenvalue weighted by molar-refractivity contribution is -0.130. The lowest BCUT2D eigenvalue weighted by atomic mass is 10.1. The smallest absolute Gasteiger partial charge is 0.261 e. The van der Waals surface area contributed by atoms with Gasteiger partial charge in [0.25, 0.3) is 11.8 Å². The maximum Gasteiger partial charge on any atom is 0.261 e. The Balaban J connectivity index is 1.60. The maximum absolute atomic E-state index is 12.8. The van der Waals surface area contributed by atoms with Gasteiger partial charge in [0, 0.05) is 25.2 Å². The van der Waals surface area contributed by atoms with Crippen molar-refractivity contribution < 1.29 is 19.1 Å². The number of rotatable bonds is 7. The Labute approximate surface area is 195 Å². The molecule has 0 aromatic heterocycles. The largest absolute Gasteiger partial charge is 0.479 e. The van der Waals surface area contributed by atoms with Crippen molar-refractivity contribution in [2.45, 2.75) is 52.6 Å². The number of para-hydroxylation sites is 1. The minimum Gasteiger partial charge on any atom is -0.479 e. The van der Waals surface area contributed by atoms with Crippen LogP contribution in [0.2, 0.25) is 0 Å². The predicted octanol–water partition coefficient (Wildman–Crippen LogP) is 3.53. The highest BCUT2D eigenvalue weighted by molar-refractivity contribution is 5.94. The number of morpholine rings is 1. The van der Waals surface area contributed by atoms with Crippen LogP contribution in [0, 0.1) is 17.2 Å². The van der Waals surface area contributed by atoms with Gasteiger partial charge in [-0.2, -0.15) is 5.26 Å². The molecule has 1 aliphatic heterocycles. The molecular formula is C26H31N3O4. The molecule has 1 aliphatic rings. The summed E-state index contributed by atoms with van der Waals surface area (Å²) in [6, 6.07) is 16.2. The van der Waals surface area contributed by atoms with E-state index in [0.29, 0.717) is 36.5 Å². The van der Waals surface area contributed by atoms with E-state index in [2.05, 4.69) is 11.4 Å². The third-order valence-electron chi connectivity index (χ3n) is 5.50. The minimum absolute atomic E-state index is 0.0167. The zero-order chi connectivity index (χ0) is 24.0. The van der Waals surface area contributed by atoms with Crippen LogP contribution in [-0.4, -0.2) is 48.1 Å². The van der Waals surface area contributed by atoms with Gasteiger partial charge in [0.15, 0.2) is 6.10 Å². The molecule has 3 unspecified atom stereocenters. The first-order chi connectivity index (χ1) is 15.8. The molecule has 0 radical (unpaired) electrons. The van der Waals surface area contributed by atoms with E-state index in [1.807, 2.05) is 44.7 Å². The monoisotopic (exact) mass is 449 g/mol. The van der Waals surface area contributed by atoms with Gasteiger partial charge < -0.3 is 19.7 Å². The Morgan fingerprint density at radius 3 is 2.36 bits per heavy atom. The summed E-state index contributed by atoms with van der Waals surface area (Å²) < 4.78 is 11.6. The van der Waals surface area contributed by atoms with Crippen LogP contribution < -0.4 is 10.1 Å². The van der Waals surface area contributed by atoms with E-state index in [-0.39, 0.29) is 29.9 Å². The molecule has 1 N–H and O–H groups in total. The van der Waals surface area contributed by atoms with Crippen LogP contribution in [0.5, 0.6) is 5.75 Å². The van der Waals surface area contributed by atoms with Crippen molar-refractivity contribution in [3.63, 3.8) is 0 Å². The van der Waals surface area contributed by atoms with Crippen molar-refractivity contribution in [2.24, 2.45) is 5.92 Å². The number of hydrogen-bond acceptors (Lipinski definition) is 5. The summed E-state index contributed by atoms with van der Waals surface area (Å²) in [7, 11) is 0. The van der Waals surface area contributed by atoms with Gasteiger partial charge in [-0.05, 0) is 49.6 Å². The second-order valence-corrected chi connectivity index (χ2v) is 8.77. The van der Waals surface area contributed by atoms with Gasteiger partial charge in [-0.25, -0.2) is 0 Å². The van der Waals surface area contributed by atoms with Gasteiger partial charge in [0.1, 0.15) is 11.8 Å². The summed E-state index contributed by atoms with van der Waals surface area (Å²) in [5, 5.41) is 12.2. The van der Waals surface area contributed by atoms with Gasteiger partial charge in [-0.3, -0.25) is 9.59 Å². The average molecular weight is 450 g/mol. The van der Waals surface area contributed by atoms with Crippen LogP contribution in [0.15, 0.2) is 48.5 Å². The number of carbonyl (C=O) groups excluding carboxylic acids is 2. The molecule has 7 heteroatoms. The molecule has 0 bridgehead atoms. The van der Waals surface area contributed by atoms with Crippen molar-refractivity contribution in [3.05, 3.63) is 65.2 Å². The summed E-state index contributed by atoms with van der Waals surface area (Å²) >= 11 is 0. The van der Waals surface area contributed by atoms with Crippen LogP contribution >= 0.6 is 0 Å². The third-order valence-corrected chi connectivity index (χ3v) is 5.50. The van der Waals surface area contributed by atoms with Crippen molar-refractivity contribution in [1.82, 2.24) is 10.2 Å². The van der Waals surface area contributed by atoms with Crippen molar-refractivity contribution >= 4 is 11.8 Å². The van der Waals surface area contributed by atoms with Crippen molar-refractivity contribution in [3.8, 4) is 11.8 Å². The highest BCUT2D eigenvalue weighted by atomic mass is 16.5. The molecule has 0 aliphatic carbocycles. The van der Waals surface area contributed by atoms with E-state index in [4.69, 9.17) is 9.47 Å². The maximum atomic E-state index is 12.8. The predicted molar refractivity (Wildman–Crippen MR) is 125 cm³/mol. The van der Waals surface area contributed by atoms with Gasteiger partial charge in [-0.1, -0.05) is 38.1 Å². The first-order valence-corrected chi connectivity index (χ1v) is 11.3. The molecule has 3 rings (SSSR count). The Morgan fingerprint density at radius 2 is 1.76 bits per heavy atom. The zero-order valence-corrected chi connectivity index (χ0v) is 19.6. The second-order valence-electron chi connectivity index (χ2n) is 8.77. The Morgan fingerprint density at radius 1 is 1.12 bits per heavy atom. The fourth-order valence-corrected chi connectivity index (χ4v) is 3.87. The van der Waals surface area contributed by atoms with E-state index >= 15 is 0 Å². The fraction of sp³-hybridized carbons (Fsp3) is 0.423. The molecule has 1 saturated heterocycles. The van der Waals surface area contributed by atoms with Crippen LogP contribution in [0.3, 0.4) is 0 Å². The van der Waals surface area contributed by atoms with Gasteiger partial charge in [0.05, 0.1) is 17.8 Å². The molecular weight excluding hydrogens is 418 g/mol. The number of benzene rings is 2. The van der Waals surface area contributed by atoms with E-state index in [9.17, 15) is 14.9 Å². The molecule has 2 aromatic rings. The van der Waals surface area contributed by atoms with E-state index in [0.717, 1.165) is 5.56 Å². The molecule has 0 saturated carbocycles. The first kappa shape index (κ1) is 24.3. The summed E-state index contributed by atoms with van der Waals surface area (Å²) in [4.78, 5) is 27.5. The number of nitrogens with one attached hydrogen (secondary N) is 1. The van der Waals surface area contributed by atoms with Crippen LogP contribution in [0.4, 0.5) is 0 Å². The molecule has 174 valence electrons. The number of carbonyl (C=O) groups is 2. The molecule has 0 spiro atoms. The quantitative estimate of drug-likeness (QED) is 0.698. The van der Waals surface area contributed by atoms with Gasteiger partial charge in [0.2, 0.25) is 0 Å². The molecule has 1 heterocycles. The highest BCUT2D eigenvalue weighted by Gasteiger charge is 2.27. The van der Waals surface area contributed by atoms with Crippen molar-refractivity contribution in [1.29, 1.82) is 5.26 Å². The van der Waals surface area contributed by atoms with E-state index < -0.39 is 6.10 Å². The molecule has 2 amide bonds. The fourth-order valence-electron chi connectivity index (χ4n) is 3.87. The number of nitriles is 1.